The lowest BCUT2D eigenvalue weighted by Gasteiger charge is -2.37. The van der Waals surface area contributed by atoms with Crippen molar-refractivity contribution in [1.29, 1.82) is 0 Å². The number of anilines is 2. The quantitative estimate of drug-likeness (QED) is 0.220. The van der Waals surface area contributed by atoms with Crippen molar-refractivity contribution >= 4 is 27.7 Å². The number of nitrogens with zero attached hydrogens (tertiary/aromatic N) is 5. The molecule has 2 aliphatic heterocycles. The number of amides is 1. The fraction of sp³-hybridized carbons (Fsp3) is 0.436. The molecule has 1 saturated heterocycles. The van der Waals surface area contributed by atoms with Crippen LogP contribution in [0.2, 0.25) is 0 Å². The highest BCUT2D eigenvalue weighted by Gasteiger charge is 2.38. The zero-order chi connectivity index (χ0) is 36.6. The van der Waals surface area contributed by atoms with Crippen molar-refractivity contribution in [1.82, 2.24) is 19.9 Å². The normalized spacial score (nSPS) is 20.5. The van der Waals surface area contributed by atoms with Gasteiger partial charge in [-0.3, -0.25) is 4.79 Å². The van der Waals surface area contributed by atoms with Crippen LogP contribution in [0.4, 0.5) is 11.8 Å². The monoisotopic (exact) mass is 712 g/mol. The molecule has 4 bridgehead atoms. The number of pyridine rings is 1. The molecule has 4 heterocycles. The lowest BCUT2D eigenvalue weighted by atomic mass is 9.87. The lowest BCUT2D eigenvalue weighted by molar-refractivity contribution is 0.0509. The van der Waals surface area contributed by atoms with E-state index in [1.54, 1.807) is 30.2 Å². The maximum atomic E-state index is 14.6. The Morgan fingerprint density at radius 2 is 1.73 bits per heavy atom. The van der Waals surface area contributed by atoms with E-state index >= 15 is 0 Å². The highest BCUT2D eigenvalue weighted by Crippen LogP contribution is 2.35. The number of benzene rings is 2. The van der Waals surface area contributed by atoms with Crippen molar-refractivity contribution < 1.29 is 22.7 Å². The molecule has 2 aromatic carbocycles. The minimum Gasteiger partial charge on any atom is -0.475 e. The SMILES string of the molecule is COC[C@@]1(C)CCCN1c1cccc(CN2C(=O)c3cccc(c3)S(=O)(=O)Nc3nc(cc(-c4c(C)cccc4C)n3)OC[C@H]2CC(C)(C)C)n1. The van der Waals surface area contributed by atoms with E-state index in [1.807, 2.05) is 50.2 Å². The van der Waals surface area contributed by atoms with E-state index in [-0.39, 0.29) is 52.3 Å². The number of hydrogen-bond acceptors (Lipinski definition) is 9. The number of aromatic nitrogens is 3. The molecule has 270 valence electrons. The largest absolute Gasteiger partial charge is 0.475 e. The standard InChI is InChI=1S/C39H48N6O5S/c1-26-12-8-13-27(2)35(26)32-21-34-42-37(41-32)43-51(47,48)31-16-9-14-28(20-31)36(46)44(30(24-50-34)22-38(3,4)5)23-29-15-10-17-33(40-29)45-19-11-18-39(45,6)25-49-7/h8-10,12-17,20-21,30H,11,18-19,22-25H2,1-7H3,(H,41,42,43)/t30-,39-/m1/s1. The van der Waals surface area contributed by atoms with Gasteiger partial charge in [0.25, 0.3) is 15.9 Å². The van der Waals surface area contributed by atoms with Gasteiger partial charge in [-0.25, -0.2) is 23.1 Å². The number of fused-ring (bicyclic) bond motifs is 4. The molecule has 6 rings (SSSR count). The zero-order valence-electron chi connectivity index (χ0n) is 30.6. The summed E-state index contributed by atoms with van der Waals surface area (Å²) in [6.45, 7) is 14.3. The number of methoxy groups -OCH3 is 1. The molecule has 1 fully saturated rings. The Bertz CT molecular complexity index is 2010. The number of rotatable bonds is 7. The van der Waals surface area contributed by atoms with Gasteiger partial charge in [0.15, 0.2) is 0 Å². The van der Waals surface area contributed by atoms with E-state index in [0.717, 1.165) is 41.9 Å². The molecular formula is C39H48N6O5S. The molecule has 1 amide bonds. The number of sulfonamides is 1. The Kier molecular flexibility index (Phi) is 10.1. The van der Waals surface area contributed by atoms with Gasteiger partial charge in [0.05, 0.1) is 41.0 Å². The maximum absolute atomic E-state index is 14.6. The Labute approximate surface area is 301 Å². The van der Waals surface area contributed by atoms with Crippen LogP contribution in [0.25, 0.3) is 11.3 Å². The van der Waals surface area contributed by atoms with Crippen LogP contribution in [-0.2, 0) is 21.3 Å². The van der Waals surface area contributed by atoms with Crippen molar-refractivity contribution in [2.24, 2.45) is 5.41 Å². The molecule has 4 aromatic rings. The molecule has 12 heteroatoms. The number of aryl methyl sites for hydroxylation is 2. The molecular weight excluding hydrogens is 665 g/mol. The Hall–Kier alpha value is -4.55. The third-order valence-corrected chi connectivity index (χ3v) is 11.0. The highest BCUT2D eigenvalue weighted by atomic mass is 32.2. The summed E-state index contributed by atoms with van der Waals surface area (Å²) in [4.78, 5) is 32.8. The third-order valence-electron chi connectivity index (χ3n) is 9.64. The zero-order valence-corrected chi connectivity index (χ0v) is 31.4. The predicted molar refractivity (Wildman–Crippen MR) is 199 cm³/mol. The molecule has 2 aliphatic rings. The van der Waals surface area contributed by atoms with Crippen LogP contribution >= 0.6 is 0 Å². The Morgan fingerprint density at radius 3 is 2.45 bits per heavy atom. The second kappa shape index (κ2) is 14.2. The molecule has 0 spiro atoms. The van der Waals surface area contributed by atoms with Gasteiger partial charge >= 0.3 is 0 Å². The average Bonchev–Trinajstić information content (AvgIpc) is 3.45. The van der Waals surface area contributed by atoms with Crippen LogP contribution in [0.1, 0.15) is 74.1 Å². The van der Waals surface area contributed by atoms with Crippen molar-refractivity contribution in [2.75, 3.05) is 36.5 Å². The van der Waals surface area contributed by atoms with Crippen LogP contribution in [0.15, 0.2) is 71.6 Å². The van der Waals surface area contributed by atoms with Crippen molar-refractivity contribution in [2.45, 2.75) is 83.8 Å². The van der Waals surface area contributed by atoms with Gasteiger partial charge in [-0.2, -0.15) is 4.98 Å². The summed E-state index contributed by atoms with van der Waals surface area (Å²) in [6.07, 6.45) is 2.62. The first-order valence-electron chi connectivity index (χ1n) is 17.4. The minimum absolute atomic E-state index is 0.0740. The molecule has 1 N–H and O–H groups in total. The van der Waals surface area contributed by atoms with E-state index < -0.39 is 16.1 Å². The number of hydrogen-bond donors (Lipinski definition) is 1. The smallest absolute Gasteiger partial charge is 0.264 e. The summed E-state index contributed by atoms with van der Waals surface area (Å²) in [7, 11) is -2.46. The summed E-state index contributed by atoms with van der Waals surface area (Å²) >= 11 is 0. The second-order valence-corrected chi connectivity index (χ2v) is 16.8. The van der Waals surface area contributed by atoms with Crippen LogP contribution in [0.5, 0.6) is 5.88 Å². The van der Waals surface area contributed by atoms with Crippen LogP contribution in [-0.4, -0.2) is 72.6 Å². The van der Waals surface area contributed by atoms with Gasteiger partial charge in [0.2, 0.25) is 11.8 Å². The Balaban J connectivity index is 1.46. The second-order valence-electron chi connectivity index (χ2n) is 15.2. The highest BCUT2D eigenvalue weighted by molar-refractivity contribution is 7.92. The van der Waals surface area contributed by atoms with E-state index in [9.17, 15) is 13.2 Å². The Morgan fingerprint density at radius 1 is 1.00 bits per heavy atom. The fourth-order valence-corrected chi connectivity index (χ4v) is 8.29. The van der Waals surface area contributed by atoms with Crippen LogP contribution in [0.3, 0.4) is 0 Å². The average molecular weight is 713 g/mol. The number of ether oxygens (including phenoxy) is 2. The predicted octanol–water partition coefficient (Wildman–Crippen LogP) is 6.80. The molecule has 2 atom stereocenters. The topological polar surface area (TPSA) is 127 Å². The van der Waals surface area contributed by atoms with Gasteiger partial charge in [0.1, 0.15) is 12.4 Å². The first-order valence-corrected chi connectivity index (χ1v) is 18.9. The summed E-state index contributed by atoms with van der Waals surface area (Å²) in [5.41, 5.74) is 3.93. The first-order chi connectivity index (χ1) is 24.2. The molecule has 0 radical (unpaired) electrons. The maximum Gasteiger partial charge on any atom is 0.264 e. The summed E-state index contributed by atoms with van der Waals surface area (Å²) in [5, 5.41) is 0. The van der Waals surface area contributed by atoms with E-state index in [1.165, 1.54) is 12.1 Å². The number of nitrogens with one attached hydrogen (secondary N) is 1. The van der Waals surface area contributed by atoms with E-state index in [2.05, 4.69) is 47.3 Å². The third kappa shape index (κ3) is 8.02. The van der Waals surface area contributed by atoms with Crippen LogP contribution < -0.4 is 14.4 Å². The van der Waals surface area contributed by atoms with Gasteiger partial charge in [-0.15, -0.1) is 0 Å². The molecule has 11 nitrogen and oxygen atoms in total. The molecule has 0 unspecified atom stereocenters. The molecule has 0 saturated carbocycles. The van der Waals surface area contributed by atoms with E-state index in [0.29, 0.717) is 24.4 Å². The van der Waals surface area contributed by atoms with Gasteiger partial charge in [0, 0.05) is 30.8 Å². The summed E-state index contributed by atoms with van der Waals surface area (Å²) in [6, 6.07) is 19.2. The lowest BCUT2D eigenvalue weighted by Crippen LogP contribution is -2.46. The van der Waals surface area contributed by atoms with Crippen molar-refractivity contribution in [3.8, 4) is 17.1 Å². The summed E-state index contributed by atoms with van der Waals surface area (Å²) < 4.78 is 42.1. The number of carbonyl (C=O) groups is 1. The van der Waals surface area contributed by atoms with Gasteiger partial charge < -0.3 is 19.3 Å². The molecule has 51 heavy (non-hydrogen) atoms. The molecule has 2 aromatic heterocycles. The van der Waals surface area contributed by atoms with Crippen molar-refractivity contribution in [3.63, 3.8) is 0 Å². The van der Waals surface area contributed by atoms with Gasteiger partial charge in [-0.1, -0.05) is 51.1 Å². The molecule has 0 aliphatic carbocycles. The fourth-order valence-electron chi connectivity index (χ4n) is 7.30. The van der Waals surface area contributed by atoms with Gasteiger partial charge in [-0.05, 0) is 86.9 Å². The van der Waals surface area contributed by atoms with Crippen LogP contribution in [0, 0.1) is 19.3 Å². The number of carbonyl (C=O) groups excluding carboxylic acids is 1. The first kappa shape index (κ1) is 36.2. The van der Waals surface area contributed by atoms with Crippen molar-refractivity contribution in [3.05, 3.63) is 89.1 Å². The summed E-state index contributed by atoms with van der Waals surface area (Å²) in [5.74, 6) is 0.590. The van der Waals surface area contributed by atoms with E-state index in [4.69, 9.17) is 14.5 Å². The minimum atomic E-state index is -4.18.